The number of fused-ring (bicyclic) bond motifs is 1. The summed E-state index contributed by atoms with van der Waals surface area (Å²) in [6, 6.07) is 9.81. The van der Waals surface area contributed by atoms with Gasteiger partial charge in [-0.25, -0.2) is 4.79 Å². The molecule has 114 valence electrons. The van der Waals surface area contributed by atoms with Crippen molar-refractivity contribution in [3.8, 4) is 5.19 Å². The minimum absolute atomic E-state index is 0.252. The number of benzene rings is 1. The monoisotopic (exact) mass is 317 g/mol. The van der Waals surface area contributed by atoms with Gasteiger partial charge in [0.2, 0.25) is 5.13 Å². The Hall–Kier alpha value is -2.61. The van der Waals surface area contributed by atoms with Crippen LogP contribution < -0.4 is 15.0 Å². The largest absolute Gasteiger partial charge is 0.462 e. The molecule has 22 heavy (non-hydrogen) atoms. The predicted molar refractivity (Wildman–Crippen MR) is 85.4 cm³/mol. The number of H-pyrrole nitrogens is 1. The van der Waals surface area contributed by atoms with Crippen LogP contribution in [-0.2, 0) is 6.61 Å². The summed E-state index contributed by atoms with van der Waals surface area (Å²) in [5.74, 6) is 0. The second-order valence-corrected chi connectivity index (χ2v) is 5.55. The lowest BCUT2D eigenvalue weighted by molar-refractivity contribution is 0.249. The molecule has 3 aromatic rings. The Labute approximate surface area is 130 Å². The SMILES string of the molecule is CNC(=O)N(C)c1nnc(OCc2cc3ccccc3[nH]2)s1. The average molecular weight is 317 g/mol. The molecule has 0 aliphatic heterocycles. The van der Waals surface area contributed by atoms with Crippen molar-refractivity contribution in [2.75, 3.05) is 19.0 Å². The number of hydrogen-bond acceptors (Lipinski definition) is 5. The van der Waals surface area contributed by atoms with E-state index in [9.17, 15) is 4.79 Å². The van der Waals surface area contributed by atoms with Crippen molar-refractivity contribution < 1.29 is 9.53 Å². The van der Waals surface area contributed by atoms with Gasteiger partial charge in [0.1, 0.15) is 6.61 Å². The number of aromatic amines is 1. The fourth-order valence-corrected chi connectivity index (χ4v) is 2.66. The number of urea groups is 1. The zero-order valence-corrected chi connectivity index (χ0v) is 13.0. The van der Waals surface area contributed by atoms with Crippen LogP contribution in [0.5, 0.6) is 5.19 Å². The van der Waals surface area contributed by atoms with E-state index in [0.717, 1.165) is 16.6 Å². The van der Waals surface area contributed by atoms with Crippen molar-refractivity contribution in [1.82, 2.24) is 20.5 Å². The average Bonchev–Trinajstić information content (AvgIpc) is 3.17. The highest BCUT2D eigenvalue weighted by molar-refractivity contribution is 7.17. The number of carbonyl (C=O) groups is 1. The Kier molecular flexibility index (Phi) is 3.92. The molecule has 0 radical (unpaired) electrons. The summed E-state index contributed by atoms with van der Waals surface area (Å²) in [6.07, 6.45) is 0. The Bertz CT molecular complexity index is 764. The van der Waals surface area contributed by atoms with Gasteiger partial charge in [-0.2, -0.15) is 0 Å². The summed E-state index contributed by atoms with van der Waals surface area (Å²) in [4.78, 5) is 16.2. The van der Waals surface area contributed by atoms with Crippen LogP contribution in [0.4, 0.5) is 9.93 Å². The summed E-state index contributed by atoms with van der Waals surface area (Å²) in [5, 5.41) is 12.4. The van der Waals surface area contributed by atoms with Crippen molar-refractivity contribution in [1.29, 1.82) is 0 Å². The molecule has 0 unspecified atom stereocenters. The van der Waals surface area contributed by atoms with E-state index in [-0.39, 0.29) is 6.03 Å². The number of nitrogens with zero attached hydrogens (tertiary/aromatic N) is 3. The molecule has 0 saturated carbocycles. The van der Waals surface area contributed by atoms with Crippen LogP contribution in [0.15, 0.2) is 30.3 Å². The normalized spacial score (nSPS) is 10.6. The number of rotatable bonds is 4. The highest BCUT2D eigenvalue weighted by Crippen LogP contribution is 2.26. The molecule has 0 aliphatic carbocycles. The molecular formula is C14H15N5O2S. The highest BCUT2D eigenvalue weighted by Gasteiger charge is 2.15. The third-order valence-electron chi connectivity index (χ3n) is 3.14. The number of aromatic nitrogens is 3. The molecule has 0 bridgehead atoms. The summed E-state index contributed by atoms with van der Waals surface area (Å²) in [6.45, 7) is 0.368. The maximum absolute atomic E-state index is 11.5. The van der Waals surface area contributed by atoms with Gasteiger partial charge < -0.3 is 15.0 Å². The zero-order valence-electron chi connectivity index (χ0n) is 12.2. The predicted octanol–water partition coefficient (Wildman–Crippen LogP) is 2.37. The van der Waals surface area contributed by atoms with Crippen LogP contribution in [0.25, 0.3) is 10.9 Å². The molecule has 2 aromatic heterocycles. The summed E-state index contributed by atoms with van der Waals surface area (Å²) >= 11 is 1.22. The van der Waals surface area contributed by atoms with Gasteiger partial charge in [0, 0.05) is 19.6 Å². The third kappa shape index (κ3) is 2.86. The smallest absolute Gasteiger partial charge is 0.323 e. The van der Waals surface area contributed by atoms with E-state index in [2.05, 4.69) is 20.5 Å². The first-order valence-corrected chi connectivity index (χ1v) is 7.47. The molecule has 2 heterocycles. The quantitative estimate of drug-likeness (QED) is 0.774. The molecule has 1 aromatic carbocycles. The maximum atomic E-state index is 11.5. The van der Waals surface area contributed by atoms with Crippen molar-refractivity contribution in [3.05, 3.63) is 36.0 Å². The van der Waals surface area contributed by atoms with Crippen molar-refractivity contribution in [2.45, 2.75) is 6.61 Å². The molecule has 7 nitrogen and oxygen atoms in total. The van der Waals surface area contributed by atoms with Crippen LogP contribution >= 0.6 is 11.3 Å². The van der Waals surface area contributed by atoms with Crippen LogP contribution in [0.1, 0.15) is 5.69 Å². The topological polar surface area (TPSA) is 83.1 Å². The molecule has 2 N–H and O–H groups in total. The lowest BCUT2D eigenvalue weighted by Gasteiger charge is -2.10. The summed E-state index contributed by atoms with van der Waals surface area (Å²) < 4.78 is 5.62. The van der Waals surface area contributed by atoms with Crippen LogP contribution in [0.2, 0.25) is 0 Å². The fourth-order valence-electron chi connectivity index (χ4n) is 2.00. The Balaban J connectivity index is 1.66. The number of carbonyl (C=O) groups excluding carboxylic acids is 1. The van der Waals surface area contributed by atoms with Gasteiger partial charge in [-0.15, -0.1) is 5.10 Å². The zero-order chi connectivity index (χ0) is 15.5. The van der Waals surface area contributed by atoms with Gasteiger partial charge in [0.05, 0.1) is 5.69 Å². The minimum atomic E-state index is -0.252. The van der Waals surface area contributed by atoms with Gasteiger partial charge in [-0.1, -0.05) is 23.3 Å². The number of nitrogens with one attached hydrogen (secondary N) is 2. The first kappa shape index (κ1) is 14.3. The molecule has 0 fully saturated rings. The second kappa shape index (κ2) is 6.02. The summed E-state index contributed by atoms with van der Waals surface area (Å²) in [5.41, 5.74) is 2.02. The lowest BCUT2D eigenvalue weighted by atomic mass is 10.2. The van der Waals surface area contributed by atoms with E-state index in [1.165, 1.54) is 16.2 Å². The maximum Gasteiger partial charge on any atom is 0.323 e. The van der Waals surface area contributed by atoms with Crippen molar-refractivity contribution in [2.24, 2.45) is 0 Å². The molecule has 0 aliphatic rings. The van der Waals surface area contributed by atoms with E-state index < -0.39 is 0 Å². The lowest BCUT2D eigenvalue weighted by Crippen LogP contribution is -2.34. The van der Waals surface area contributed by atoms with Gasteiger partial charge >= 0.3 is 6.03 Å². The molecule has 2 amide bonds. The first-order valence-electron chi connectivity index (χ1n) is 6.66. The van der Waals surface area contributed by atoms with Gasteiger partial charge in [0.25, 0.3) is 5.19 Å². The minimum Gasteiger partial charge on any atom is -0.462 e. The number of anilines is 1. The second-order valence-electron chi connectivity index (χ2n) is 4.64. The molecular weight excluding hydrogens is 302 g/mol. The molecule has 3 rings (SSSR count). The number of para-hydroxylation sites is 1. The van der Waals surface area contributed by atoms with Crippen LogP contribution in [0.3, 0.4) is 0 Å². The van der Waals surface area contributed by atoms with Crippen molar-refractivity contribution >= 4 is 33.4 Å². The van der Waals surface area contributed by atoms with E-state index >= 15 is 0 Å². The Morgan fingerprint density at radius 3 is 3.00 bits per heavy atom. The molecule has 0 saturated heterocycles. The molecule has 0 atom stereocenters. The molecule has 0 spiro atoms. The van der Waals surface area contributed by atoms with E-state index in [0.29, 0.717) is 16.9 Å². The van der Waals surface area contributed by atoms with Gasteiger partial charge in [-0.05, 0) is 28.9 Å². The van der Waals surface area contributed by atoms with E-state index in [1.807, 2.05) is 30.3 Å². The number of amides is 2. The van der Waals surface area contributed by atoms with E-state index in [1.54, 1.807) is 14.1 Å². The number of hydrogen-bond donors (Lipinski definition) is 2. The molecule has 8 heteroatoms. The summed E-state index contributed by atoms with van der Waals surface area (Å²) in [7, 11) is 3.19. The van der Waals surface area contributed by atoms with Gasteiger partial charge in [-0.3, -0.25) is 4.90 Å². The fraction of sp³-hybridized carbons (Fsp3) is 0.214. The number of ether oxygens (including phenoxy) is 1. The van der Waals surface area contributed by atoms with Crippen molar-refractivity contribution in [3.63, 3.8) is 0 Å². The van der Waals surface area contributed by atoms with E-state index in [4.69, 9.17) is 4.74 Å². The third-order valence-corrected chi connectivity index (χ3v) is 4.05. The Morgan fingerprint density at radius 2 is 2.23 bits per heavy atom. The van der Waals surface area contributed by atoms with Crippen LogP contribution in [0, 0.1) is 0 Å². The first-order chi connectivity index (χ1) is 10.7. The van der Waals surface area contributed by atoms with Gasteiger partial charge in [0.15, 0.2) is 0 Å². The highest BCUT2D eigenvalue weighted by atomic mass is 32.1. The standard InChI is InChI=1S/C14H15N5O2S/c1-15-12(20)19(2)13-17-18-14(22-13)21-8-10-7-9-5-3-4-6-11(9)16-10/h3-7,16H,8H2,1-2H3,(H,15,20). The van der Waals surface area contributed by atoms with Crippen LogP contribution in [-0.4, -0.2) is 35.3 Å². The Morgan fingerprint density at radius 1 is 1.41 bits per heavy atom.